The third-order valence-corrected chi connectivity index (χ3v) is 3.59. The van der Waals surface area contributed by atoms with E-state index >= 15 is 0 Å². The fraction of sp³-hybridized carbons (Fsp3) is 0.0667. The Balaban J connectivity index is 1.58. The Labute approximate surface area is 135 Å². The standard InChI is InChI=1S/C15H11FN4O2S/c16-11-3-1-2-10(8-11)14-19-20-15(22-14)23-9-13(21)18-12-4-6-17-7-5-12/h1-8H,9H2,(H,17,18,21). The van der Waals surface area contributed by atoms with E-state index in [0.29, 0.717) is 11.3 Å². The Morgan fingerprint density at radius 2 is 2.04 bits per heavy atom. The van der Waals surface area contributed by atoms with E-state index in [1.54, 1.807) is 36.7 Å². The predicted molar refractivity (Wildman–Crippen MR) is 83.3 cm³/mol. The summed E-state index contributed by atoms with van der Waals surface area (Å²) < 4.78 is 18.6. The zero-order valence-electron chi connectivity index (χ0n) is 11.8. The van der Waals surface area contributed by atoms with Crippen LogP contribution in [0.15, 0.2) is 58.4 Å². The van der Waals surface area contributed by atoms with E-state index in [1.807, 2.05) is 0 Å². The van der Waals surface area contributed by atoms with Gasteiger partial charge < -0.3 is 9.73 Å². The van der Waals surface area contributed by atoms with Gasteiger partial charge in [0.25, 0.3) is 5.22 Å². The molecule has 0 atom stereocenters. The molecular formula is C15H11FN4O2S. The summed E-state index contributed by atoms with van der Waals surface area (Å²) in [5, 5.41) is 10.6. The maximum Gasteiger partial charge on any atom is 0.277 e. The van der Waals surface area contributed by atoms with Crippen LogP contribution in [-0.2, 0) is 4.79 Å². The number of carbonyl (C=O) groups is 1. The van der Waals surface area contributed by atoms with E-state index in [0.717, 1.165) is 11.8 Å². The van der Waals surface area contributed by atoms with Crippen molar-refractivity contribution in [2.45, 2.75) is 5.22 Å². The molecule has 0 aliphatic carbocycles. The topological polar surface area (TPSA) is 80.9 Å². The number of hydrogen-bond donors (Lipinski definition) is 1. The summed E-state index contributed by atoms with van der Waals surface area (Å²) in [5.41, 5.74) is 1.15. The highest BCUT2D eigenvalue weighted by Gasteiger charge is 2.11. The molecule has 2 aromatic heterocycles. The third-order valence-electron chi connectivity index (χ3n) is 2.77. The second-order valence-electron chi connectivity index (χ2n) is 4.46. The van der Waals surface area contributed by atoms with Gasteiger partial charge in [-0.1, -0.05) is 17.8 Å². The predicted octanol–water partition coefficient (Wildman–Crippen LogP) is 3.00. The second-order valence-corrected chi connectivity index (χ2v) is 5.38. The van der Waals surface area contributed by atoms with Crippen molar-refractivity contribution in [1.82, 2.24) is 15.2 Å². The number of nitrogens with zero attached hydrogens (tertiary/aromatic N) is 3. The van der Waals surface area contributed by atoms with Gasteiger partial charge in [-0.3, -0.25) is 9.78 Å². The third kappa shape index (κ3) is 4.13. The van der Waals surface area contributed by atoms with Crippen molar-refractivity contribution in [3.05, 3.63) is 54.6 Å². The molecule has 0 spiro atoms. The maximum absolute atomic E-state index is 13.2. The molecule has 0 aliphatic heterocycles. The Kier molecular flexibility index (Phi) is 4.62. The fourth-order valence-corrected chi connectivity index (χ4v) is 2.33. The SMILES string of the molecule is O=C(CSc1nnc(-c2cccc(F)c2)o1)Nc1ccncc1. The average molecular weight is 330 g/mol. The van der Waals surface area contributed by atoms with E-state index < -0.39 is 0 Å². The number of benzene rings is 1. The number of aromatic nitrogens is 3. The maximum atomic E-state index is 13.2. The van der Waals surface area contributed by atoms with E-state index in [-0.39, 0.29) is 28.6 Å². The molecule has 0 unspecified atom stereocenters. The van der Waals surface area contributed by atoms with Gasteiger partial charge in [-0.15, -0.1) is 10.2 Å². The zero-order chi connectivity index (χ0) is 16.1. The Morgan fingerprint density at radius 1 is 1.22 bits per heavy atom. The van der Waals surface area contributed by atoms with Crippen LogP contribution in [0, 0.1) is 5.82 Å². The van der Waals surface area contributed by atoms with Gasteiger partial charge in [0.2, 0.25) is 11.8 Å². The smallest absolute Gasteiger partial charge is 0.277 e. The number of anilines is 1. The number of carbonyl (C=O) groups excluding carboxylic acids is 1. The number of nitrogens with one attached hydrogen (secondary N) is 1. The van der Waals surface area contributed by atoms with E-state index in [9.17, 15) is 9.18 Å². The van der Waals surface area contributed by atoms with Crippen LogP contribution in [0.1, 0.15) is 0 Å². The number of hydrogen-bond acceptors (Lipinski definition) is 6. The van der Waals surface area contributed by atoms with Gasteiger partial charge in [-0.05, 0) is 30.3 Å². The highest BCUT2D eigenvalue weighted by atomic mass is 32.2. The lowest BCUT2D eigenvalue weighted by Crippen LogP contribution is -2.13. The van der Waals surface area contributed by atoms with Gasteiger partial charge in [-0.25, -0.2) is 4.39 Å². The first-order chi connectivity index (χ1) is 11.2. The van der Waals surface area contributed by atoms with Crippen molar-refractivity contribution < 1.29 is 13.6 Å². The summed E-state index contributed by atoms with van der Waals surface area (Å²) in [5.74, 6) is -0.257. The molecule has 3 aromatic rings. The number of pyridine rings is 1. The van der Waals surface area contributed by atoms with Crippen LogP contribution < -0.4 is 5.32 Å². The molecule has 1 aromatic carbocycles. The molecule has 0 saturated heterocycles. The lowest BCUT2D eigenvalue weighted by Gasteiger charge is -2.02. The van der Waals surface area contributed by atoms with E-state index in [4.69, 9.17) is 4.42 Å². The number of halogens is 1. The molecule has 1 N–H and O–H groups in total. The van der Waals surface area contributed by atoms with E-state index in [1.165, 1.54) is 12.1 Å². The summed E-state index contributed by atoms with van der Waals surface area (Å²) in [6, 6.07) is 9.25. The van der Waals surface area contributed by atoms with Crippen molar-refractivity contribution in [2.75, 3.05) is 11.1 Å². The first-order valence-electron chi connectivity index (χ1n) is 6.63. The quantitative estimate of drug-likeness (QED) is 0.724. The van der Waals surface area contributed by atoms with Gasteiger partial charge in [0.15, 0.2) is 0 Å². The van der Waals surface area contributed by atoms with Crippen LogP contribution in [0.25, 0.3) is 11.5 Å². The van der Waals surface area contributed by atoms with Crippen molar-refractivity contribution in [2.24, 2.45) is 0 Å². The highest BCUT2D eigenvalue weighted by molar-refractivity contribution is 7.99. The molecule has 0 aliphatic rings. The van der Waals surface area contributed by atoms with Gasteiger partial charge in [0, 0.05) is 23.6 Å². The molecule has 1 amide bonds. The monoisotopic (exact) mass is 330 g/mol. The molecule has 0 bridgehead atoms. The highest BCUT2D eigenvalue weighted by Crippen LogP contribution is 2.23. The minimum atomic E-state index is -0.383. The normalized spacial score (nSPS) is 10.5. The molecule has 116 valence electrons. The summed E-state index contributed by atoms with van der Waals surface area (Å²) in [6.07, 6.45) is 3.18. The van der Waals surface area contributed by atoms with Gasteiger partial charge in [0.05, 0.1) is 5.75 Å². The van der Waals surface area contributed by atoms with E-state index in [2.05, 4.69) is 20.5 Å². The first-order valence-corrected chi connectivity index (χ1v) is 7.61. The first kappa shape index (κ1) is 15.2. The summed E-state index contributed by atoms with van der Waals surface area (Å²) in [4.78, 5) is 15.7. The lowest BCUT2D eigenvalue weighted by molar-refractivity contribution is -0.113. The zero-order valence-corrected chi connectivity index (χ0v) is 12.6. The summed E-state index contributed by atoms with van der Waals surface area (Å²) in [6.45, 7) is 0. The van der Waals surface area contributed by atoms with Crippen LogP contribution in [0.5, 0.6) is 0 Å². The second kappa shape index (κ2) is 7.01. The molecule has 8 heteroatoms. The van der Waals surface area contributed by atoms with Crippen LogP contribution in [-0.4, -0.2) is 26.8 Å². The van der Waals surface area contributed by atoms with Gasteiger partial charge in [0.1, 0.15) is 5.82 Å². The Morgan fingerprint density at radius 3 is 2.83 bits per heavy atom. The van der Waals surface area contributed by atoms with Gasteiger partial charge >= 0.3 is 0 Å². The molecule has 0 saturated carbocycles. The largest absolute Gasteiger partial charge is 0.411 e. The van der Waals surface area contributed by atoms with Crippen LogP contribution >= 0.6 is 11.8 Å². The van der Waals surface area contributed by atoms with Crippen LogP contribution in [0.2, 0.25) is 0 Å². The molecular weight excluding hydrogens is 319 g/mol. The molecule has 3 rings (SSSR count). The molecule has 0 fully saturated rings. The number of rotatable bonds is 5. The van der Waals surface area contributed by atoms with Gasteiger partial charge in [-0.2, -0.15) is 0 Å². The number of amides is 1. The lowest BCUT2D eigenvalue weighted by atomic mass is 10.2. The molecule has 0 radical (unpaired) electrons. The van der Waals surface area contributed by atoms with Crippen molar-refractivity contribution in [3.63, 3.8) is 0 Å². The van der Waals surface area contributed by atoms with Crippen molar-refractivity contribution in [1.29, 1.82) is 0 Å². The molecule has 23 heavy (non-hydrogen) atoms. The average Bonchev–Trinajstić information content (AvgIpc) is 3.03. The molecule has 6 nitrogen and oxygen atoms in total. The summed E-state index contributed by atoms with van der Waals surface area (Å²) >= 11 is 1.11. The Bertz CT molecular complexity index is 810. The van der Waals surface area contributed by atoms with Crippen LogP contribution in [0.3, 0.4) is 0 Å². The minimum Gasteiger partial charge on any atom is -0.411 e. The minimum absolute atomic E-state index is 0.118. The van der Waals surface area contributed by atoms with Crippen LogP contribution in [0.4, 0.5) is 10.1 Å². The number of thioether (sulfide) groups is 1. The fourth-order valence-electron chi connectivity index (χ4n) is 1.77. The molecule has 2 heterocycles. The van der Waals surface area contributed by atoms with Crippen molar-refractivity contribution >= 4 is 23.4 Å². The summed E-state index contributed by atoms with van der Waals surface area (Å²) in [7, 11) is 0. The Hall–Kier alpha value is -2.74. The van der Waals surface area contributed by atoms with Crippen molar-refractivity contribution in [3.8, 4) is 11.5 Å².